The highest BCUT2D eigenvalue weighted by Crippen LogP contribution is 2.32. The van der Waals surface area contributed by atoms with E-state index in [0.717, 1.165) is 38.0 Å². The monoisotopic (exact) mass is 373 g/mol. The number of hydrogen-bond donors (Lipinski definition) is 1. The van der Waals surface area contributed by atoms with Crippen LogP contribution < -0.4 is 14.8 Å². The Morgan fingerprint density at radius 2 is 2.00 bits per heavy atom. The number of hydrogen-bond acceptors (Lipinski definition) is 7. The van der Waals surface area contributed by atoms with Crippen molar-refractivity contribution in [1.29, 1.82) is 0 Å². The van der Waals surface area contributed by atoms with Gasteiger partial charge >= 0.3 is 0 Å². The average Bonchev–Trinajstić information content (AvgIpc) is 3.09. The Morgan fingerprint density at radius 1 is 1.12 bits per heavy atom. The van der Waals surface area contributed by atoms with Gasteiger partial charge in [0, 0.05) is 23.1 Å². The number of ether oxygens (including phenoxy) is 2. The highest BCUT2D eigenvalue weighted by atomic mass is 32.2. The van der Waals surface area contributed by atoms with Gasteiger partial charge in [-0.2, -0.15) is 0 Å². The summed E-state index contributed by atoms with van der Waals surface area (Å²) in [7, 11) is 1.65. The molecular weight excluding hydrogens is 354 g/mol. The Labute approximate surface area is 155 Å². The molecule has 0 fully saturated rings. The number of methoxy groups -OCH3 is 1. The highest BCUT2D eigenvalue weighted by Gasteiger charge is 2.08. The van der Waals surface area contributed by atoms with E-state index in [0.29, 0.717) is 6.61 Å². The van der Waals surface area contributed by atoms with E-state index in [1.54, 1.807) is 18.9 Å². The average molecular weight is 374 g/mol. The van der Waals surface area contributed by atoms with Crippen LogP contribution in [0.5, 0.6) is 11.5 Å². The van der Waals surface area contributed by atoms with Crippen LogP contribution in [-0.4, -0.2) is 23.9 Å². The van der Waals surface area contributed by atoms with Gasteiger partial charge < -0.3 is 14.8 Å². The van der Waals surface area contributed by atoms with Crippen molar-refractivity contribution in [1.82, 2.24) is 10.2 Å². The van der Waals surface area contributed by atoms with Gasteiger partial charge in [0.05, 0.1) is 13.7 Å². The standard InChI is InChI=1S/C18H19N3O2S2/c1-3-23-16-10-5-4-7-13(16)12-24-18-21-20-17(25-18)19-14-8-6-9-15(11-14)22-2/h4-11H,3,12H2,1-2H3,(H,19,20). The number of nitrogens with zero attached hydrogens (tertiary/aromatic N) is 2. The van der Waals surface area contributed by atoms with Crippen LogP contribution in [0.1, 0.15) is 12.5 Å². The third-order valence-electron chi connectivity index (χ3n) is 3.35. The van der Waals surface area contributed by atoms with Crippen LogP contribution in [0.15, 0.2) is 52.9 Å². The summed E-state index contributed by atoms with van der Waals surface area (Å²) in [5, 5.41) is 12.5. The molecule has 3 aromatic rings. The molecule has 130 valence electrons. The quantitative estimate of drug-likeness (QED) is 0.562. The zero-order chi connectivity index (χ0) is 17.5. The van der Waals surface area contributed by atoms with Crippen molar-refractivity contribution >= 4 is 33.9 Å². The molecule has 0 aliphatic heterocycles. The minimum Gasteiger partial charge on any atom is -0.497 e. The summed E-state index contributed by atoms with van der Waals surface area (Å²) in [6, 6.07) is 15.8. The molecule has 0 spiro atoms. The van der Waals surface area contributed by atoms with Crippen molar-refractivity contribution in [2.45, 2.75) is 17.0 Å². The Bertz CT molecular complexity index is 823. The van der Waals surface area contributed by atoms with Gasteiger partial charge in [0.1, 0.15) is 11.5 Å². The summed E-state index contributed by atoms with van der Waals surface area (Å²) in [6.07, 6.45) is 0. The maximum atomic E-state index is 5.66. The number of nitrogens with one attached hydrogen (secondary N) is 1. The molecule has 0 aliphatic rings. The Balaban J connectivity index is 1.62. The van der Waals surface area contributed by atoms with Crippen molar-refractivity contribution in [3.8, 4) is 11.5 Å². The summed E-state index contributed by atoms with van der Waals surface area (Å²) < 4.78 is 11.8. The molecule has 0 amide bonds. The van der Waals surface area contributed by atoms with E-state index in [-0.39, 0.29) is 0 Å². The van der Waals surface area contributed by atoms with Crippen molar-refractivity contribution in [2.24, 2.45) is 0 Å². The number of aromatic nitrogens is 2. The highest BCUT2D eigenvalue weighted by molar-refractivity contribution is 8.00. The molecule has 0 atom stereocenters. The van der Waals surface area contributed by atoms with Crippen LogP contribution in [0.3, 0.4) is 0 Å². The van der Waals surface area contributed by atoms with Gasteiger partial charge in [-0.25, -0.2) is 0 Å². The fraction of sp³-hybridized carbons (Fsp3) is 0.222. The van der Waals surface area contributed by atoms with Crippen LogP contribution in [-0.2, 0) is 5.75 Å². The van der Waals surface area contributed by atoms with Crippen LogP contribution >= 0.6 is 23.1 Å². The summed E-state index contributed by atoms with van der Waals surface area (Å²) in [4.78, 5) is 0. The number of thioether (sulfide) groups is 1. The zero-order valence-electron chi connectivity index (χ0n) is 14.1. The van der Waals surface area contributed by atoms with Crippen LogP contribution in [0.2, 0.25) is 0 Å². The van der Waals surface area contributed by atoms with Gasteiger partial charge in [-0.3, -0.25) is 0 Å². The SMILES string of the molecule is CCOc1ccccc1CSc1nnc(Nc2cccc(OC)c2)s1. The maximum Gasteiger partial charge on any atom is 0.210 e. The van der Waals surface area contributed by atoms with Crippen LogP contribution in [0.4, 0.5) is 10.8 Å². The van der Waals surface area contributed by atoms with E-state index in [1.165, 1.54) is 11.3 Å². The molecule has 2 aromatic carbocycles. The number of rotatable bonds is 8. The molecule has 0 saturated heterocycles. The fourth-order valence-electron chi connectivity index (χ4n) is 2.20. The lowest BCUT2D eigenvalue weighted by Gasteiger charge is -2.08. The van der Waals surface area contributed by atoms with E-state index in [4.69, 9.17) is 9.47 Å². The molecular formula is C18H19N3O2S2. The normalized spacial score (nSPS) is 10.5. The minimum atomic E-state index is 0.662. The molecule has 1 heterocycles. The smallest absolute Gasteiger partial charge is 0.210 e. The molecule has 1 aromatic heterocycles. The third kappa shape index (κ3) is 4.87. The van der Waals surface area contributed by atoms with Crippen molar-refractivity contribution in [3.63, 3.8) is 0 Å². The summed E-state index contributed by atoms with van der Waals surface area (Å²) in [5.74, 6) is 2.53. The second kappa shape index (κ2) is 8.73. The lowest BCUT2D eigenvalue weighted by molar-refractivity contribution is 0.337. The molecule has 0 unspecified atom stereocenters. The van der Waals surface area contributed by atoms with Gasteiger partial charge in [-0.15, -0.1) is 10.2 Å². The first-order valence-corrected chi connectivity index (χ1v) is 9.66. The van der Waals surface area contributed by atoms with E-state index in [9.17, 15) is 0 Å². The first-order chi connectivity index (χ1) is 12.3. The predicted molar refractivity (Wildman–Crippen MR) is 103 cm³/mol. The predicted octanol–water partition coefficient (Wildman–Crippen LogP) is 4.98. The number of para-hydroxylation sites is 1. The molecule has 7 heteroatoms. The van der Waals surface area contributed by atoms with Crippen molar-refractivity contribution in [2.75, 3.05) is 19.0 Å². The number of benzene rings is 2. The van der Waals surface area contributed by atoms with Gasteiger partial charge in [0.15, 0.2) is 4.34 Å². The lowest BCUT2D eigenvalue weighted by atomic mass is 10.2. The Kier molecular flexibility index (Phi) is 6.14. The number of anilines is 2. The molecule has 0 bridgehead atoms. The van der Waals surface area contributed by atoms with Gasteiger partial charge in [-0.1, -0.05) is 47.4 Å². The summed E-state index contributed by atoms with van der Waals surface area (Å²) in [5.41, 5.74) is 2.08. The van der Waals surface area contributed by atoms with Gasteiger partial charge in [-0.05, 0) is 25.1 Å². The molecule has 25 heavy (non-hydrogen) atoms. The largest absolute Gasteiger partial charge is 0.497 e. The van der Waals surface area contributed by atoms with E-state index < -0.39 is 0 Å². The minimum absolute atomic E-state index is 0.662. The van der Waals surface area contributed by atoms with E-state index in [2.05, 4.69) is 21.6 Å². The first kappa shape index (κ1) is 17.6. The van der Waals surface area contributed by atoms with Gasteiger partial charge in [0.2, 0.25) is 5.13 Å². The molecule has 0 saturated carbocycles. The third-order valence-corrected chi connectivity index (χ3v) is 5.37. The molecule has 3 rings (SSSR count). The van der Waals surface area contributed by atoms with Crippen molar-refractivity contribution < 1.29 is 9.47 Å². The van der Waals surface area contributed by atoms with E-state index >= 15 is 0 Å². The van der Waals surface area contributed by atoms with Crippen LogP contribution in [0.25, 0.3) is 0 Å². The van der Waals surface area contributed by atoms with Crippen molar-refractivity contribution in [3.05, 3.63) is 54.1 Å². The summed E-state index contributed by atoms with van der Waals surface area (Å²) >= 11 is 3.18. The molecule has 0 radical (unpaired) electrons. The summed E-state index contributed by atoms with van der Waals surface area (Å²) in [6.45, 7) is 2.65. The maximum absolute atomic E-state index is 5.66. The molecule has 1 N–H and O–H groups in total. The molecule has 5 nitrogen and oxygen atoms in total. The van der Waals surface area contributed by atoms with Gasteiger partial charge in [0.25, 0.3) is 0 Å². The van der Waals surface area contributed by atoms with Crippen LogP contribution in [0, 0.1) is 0 Å². The Morgan fingerprint density at radius 3 is 2.84 bits per heavy atom. The Hall–Kier alpha value is -2.25. The zero-order valence-corrected chi connectivity index (χ0v) is 15.7. The van der Waals surface area contributed by atoms with E-state index in [1.807, 2.05) is 49.4 Å². The lowest BCUT2D eigenvalue weighted by Crippen LogP contribution is -1.95. The second-order valence-electron chi connectivity index (χ2n) is 5.06. The molecule has 0 aliphatic carbocycles. The fourth-order valence-corrected chi connectivity index (χ4v) is 3.96. The topological polar surface area (TPSA) is 56.3 Å². The first-order valence-electron chi connectivity index (χ1n) is 7.86. The second-order valence-corrected chi connectivity index (χ2v) is 7.26.